The largest absolute Gasteiger partial charge is 0.376 e. The summed E-state index contributed by atoms with van der Waals surface area (Å²) in [4.78, 5) is 14.6. The van der Waals surface area contributed by atoms with E-state index in [4.69, 9.17) is 10.5 Å². The zero-order valence-corrected chi connectivity index (χ0v) is 12.2. The van der Waals surface area contributed by atoms with Crippen molar-refractivity contribution in [2.24, 2.45) is 5.73 Å². The predicted octanol–water partition coefficient (Wildman–Crippen LogP) is 2.00. The van der Waals surface area contributed by atoms with Crippen molar-refractivity contribution < 1.29 is 9.66 Å². The highest BCUT2D eigenvalue weighted by molar-refractivity contribution is 5.56. The summed E-state index contributed by atoms with van der Waals surface area (Å²) in [6, 6.07) is 1.82. The van der Waals surface area contributed by atoms with Crippen LogP contribution in [0.5, 0.6) is 0 Å². The minimum atomic E-state index is -0.425. The van der Waals surface area contributed by atoms with Crippen molar-refractivity contribution in [3.63, 3.8) is 0 Å². The van der Waals surface area contributed by atoms with Gasteiger partial charge in [-0.15, -0.1) is 0 Å². The molecule has 0 unspecified atom stereocenters. The summed E-state index contributed by atoms with van der Waals surface area (Å²) in [5.74, 6) is 0.292. The highest BCUT2D eigenvalue weighted by Gasteiger charge is 2.19. The van der Waals surface area contributed by atoms with Gasteiger partial charge in [-0.05, 0) is 38.2 Å². The molecule has 0 radical (unpaired) electrons. The number of aryl methyl sites for hydroxylation is 1. The van der Waals surface area contributed by atoms with Gasteiger partial charge in [0.15, 0.2) is 0 Å². The third-order valence-corrected chi connectivity index (χ3v) is 3.67. The molecule has 1 aromatic heterocycles. The molecule has 21 heavy (non-hydrogen) atoms. The lowest BCUT2D eigenvalue weighted by Crippen LogP contribution is -2.31. The minimum Gasteiger partial charge on any atom is -0.376 e. The van der Waals surface area contributed by atoms with E-state index in [0.717, 1.165) is 31.2 Å². The van der Waals surface area contributed by atoms with Gasteiger partial charge in [0.1, 0.15) is 0 Å². The number of ether oxygens (including phenoxy) is 1. The Morgan fingerprint density at radius 2 is 2.19 bits per heavy atom. The van der Waals surface area contributed by atoms with E-state index < -0.39 is 4.92 Å². The second kappa shape index (κ2) is 7.33. The maximum absolute atomic E-state index is 11.0. The second-order valence-electron chi connectivity index (χ2n) is 5.47. The van der Waals surface area contributed by atoms with E-state index in [1.165, 1.54) is 6.07 Å². The highest BCUT2D eigenvalue weighted by Crippen LogP contribution is 2.22. The van der Waals surface area contributed by atoms with Crippen molar-refractivity contribution in [1.29, 1.82) is 0 Å². The normalized spacial score (nSPS) is 22.0. The third-order valence-electron chi connectivity index (χ3n) is 3.67. The van der Waals surface area contributed by atoms with Gasteiger partial charge in [-0.3, -0.25) is 10.1 Å². The van der Waals surface area contributed by atoms with Crippen LogP contribution in [0.15, 0.2) is 12.3 Å². The number of pyridine rings is 1. The van der Waals surface area contributed by atoms with Crippen LogP contribution in [0.4, 0.5) is 11.5 Å². The number of nitrogens with two attached hydrogens (primary N) is 1. The van der Waals surface area contributed by atoms with Crippen LogP contribution in [0.2, 0.25) is 0 Å². The number of rotatable bonds is 6. The van der Waals surface area contributed by atoms with Crippen LogP contribution >= 0.6 is 0 Å². The van der Waals surface area contributed by atoms with Crippen LogP contribution in [0.1, 0.15) is 31.2 Å². The average Bonchev–Trinajstić information content (AvgIpc) is 2.46. The Labute approximate surface area is 124 Å². The molecule has 1 aromatic rings. The van der Waals surface area contributed by atoms with E-state index in [1.807, 2.05) is 0 Å². The van der Waals surface area contributed by atoms with Crippen LogP contribution in [0.3, 0.4) is 0 Å². The van der Waals surface area contributed by atoms with Crippen molar-refractivity contribution in [3.8, 4) is 0 Å². The zero-order chi connectivity index (χ0) is 15.2. The summed E-state index contributed by atoms with van der Waals surface area (Å²) in [7, 11) is 0. The molecule has 3 N–H and O–H groups in total. The SMILES string of the molecule is Cc1cnc(NCCOC2CCC(N)CC2)c([N+](=O)[O-])c1. The van der Waals surface area contributed by atoms with E-state index in [1.54, 1.807) is 13.1 Å². The molecule has 1 aliphatic rings. The Kier molecular flexibility index (Phi) is 5.46. The first-order valence-electron chi connectivity index (χ1n) is 7.28. The van der Waals surface area contributed by atoms with E-state index in [9.17, 15) is 10.1 Å². The Morgan fingerprint density at radius 3 is 2.86 bits per heavy atom. The smallest absolute Gasteiger partial charge is 0.311 e. The summed E-state index contributed by atoms with van der Waals surface area (Å²) < 4.78 is 5.76. The molecule has 7 nitrogen and oxygen atoms in total. The molecule has 0 spiro atoms. The lowest BCUT2D eigenvalue weighted by molar-refractivity contribution is -0.384. The van der Waals surface area contributed by atoms with Crippen molar-refractivity contribution >= 4 is 11.5 Å². The number of nitrogens with zero attached hydrogens (tertiary/aromatic N) is 2. The summed E-state index contributed by atoms with van der Waals surface area (Å²) in [6.07, 6.45) is 5.85. The van der Waals surface area contributed by atoms with Crippen molar-refractivity contribution in [3.05, 3.63) is 27.9 Å². The zero-order valence-electron chi connectivity index (χ0n) is 12.2. The summed E-state index contributed by atoms with van der Waals surface area (Å²) in [5, 5.41) is 13.9. The van der Waals surface area contributed by atoms with Gasteiger partial charge in [-0.25, -0.2) is 4.98 Å². The molecule has 1 fully saturated rings. The van der Waals surface area contributed by atoms with Gasteiger partial charge in [0.2, 0.25) is 5.82 Å². The number of anilines is 1. The van der Waals surface area contributed by atoms with Gasteiger partial charge in [0.25, 0.3) is 0 Å². The molecule has 2 rings (SSSR count). The van der Waals surface area contributed by atoms with Crippen molar-refractivity contribution in [2.45, 2.75) is 44.8 Å². The van der Waals surface area contributed by atoms with Gasteiger partial charge >= 0.3 is 5.69 Å². The van der Waals surface area contributed by atoms with E-state index in [2.05, 4.69) is 10.3 Å². The van der Waals surface area contributed by atoms with Gasteiger partial charge in [-0.2, -0.15) is 0 Å². The van der Waals surface area contributed by atoms with Crippen LogP contribution in [0.25, 0.3) is 0 Å². The molecule has 0 aromatic carbocycles. The first-order valence-corrected chi connectivity index (χ1v) is 7.28. The number of hydrogen-bond donors (Lipinski definition) is 2. The number of nitro groups is 1. The number of aromatic nitrogens is 1. The fraction of sp³-hybridized carbons (Fsp3) is 0.643. The molecule has 0 atom stereocenters. The molecular weight excluding hydrogens is 272 g/mol. The molecule has 0 saturated heterocycles. The Hall–Kier alpha value is -1.73. The third kappa shape index (κ3) is 4.64. The lowest BCUT2D eigenvalue weighted by Gasteiger charge is -2.26. The first kappa shape index (κ1) is 15.7. The maximum Gasteiger partial charge on any atom is 0.311 e. The van der Waals surface area contributed by atoms with E-state index in [0.29, 0.717) is 25.0 Å². The van der Waals surface area contributed by atoms with Gasteiger partial charge in [0, 0.05) is 24.8 Å². The second-order valence-corrected chi connectivity index (χ2v) is 5.47. The number of hydrogen-bond acceptors (Lipinski definition) is 6. The van der Waals surface area contributed by atoms with Gasteiger partial charge < -0.3 is 15.8 Å². The molecule has 0 amide bonds. The van der Waals surface area contributed by atoms with Crippen LogP contribution in [-0.2, 0) is 4.74 Å². The summed E-state index contributed by atoms with van der Waals surface area (Å²) in [5.41, 5.74) is 6.61. The molecule has 1 aliphatic carbocycles. The summed E-state index contributed by atoms with van der Waals surface area (Å²) >= 11 is 0. The van der Waals surface area contributed by atoms with Crippen LogP contribution in [-0.4, -0.2) is 35.2 Å². The minimum absolute atomic E-state index is 0.00126. The highest BCUT2D eigenvalue weighted by atomic mass is 16.6. The maximum atomic E-state index is 11.0. The van der Waals surface area contributed by atoms with Crippen molar-refractivity contribution in [1.82, 2.24) is 4.98 Å². The molecule has 1 saturated carbocycles. The quantitative estimate of drug-likeness (QED) is 0.472. The number of nitrogens with one attached hydrogen (secondary N) is 1. The molecule has 0 aliphatic heterocycles. The standard InChI is InChI=1S/C14H22N4O3/c1-10-8-13(18(19)20)14(17-9-10)16-6-7-21-12-4-2-11(15)3-5-12/h8-9,11-12H,2-7,15H2,1H3,(H,16,17). The van der Waals surface area contributed by atoms with E-state index in [-0.39, 0.29) is 11.8 Å². The van der Waals surface area contributed by atoms with E-state index >= 15 is 0 Å². The fourth-order valence-corrected chi connectivity index (χ4v) is 2.48. The predicted molar refractivity (Wildman–Crippen MR) is 80.3 cm³/mol. The molecular formula is C14H22N4O3. The summed E-state index contributed by atoms with van der Waals surface area (Å²) in [6.45, 7) is 2.78. The monoisotopic (exact) mass is 294 g/mol. The fourth-order valence-electron chi connectivity index (χ4n) is 2.48. The Bertz CT molecular complexity index is 487. The average molecular weight is 294 g/mol. The molecule has 7 heteroatoms. The molecule has 0 bridgehead atoms. The van der Waals surface area contributed by atoms with Gasteiger partial charge in [-0.1, -0.05) is 0 Å². The van der Waals surface area contributed by atoms with Crippen LogP contribution < -0.4 is 11.1 Å². The van der Waals surface area contributed by atoms with Gasteiger partial charge in [0.05, 0.1) is 17.6 Å². The Balaban J connectivity index is 1.77. The topological polar surface area (TPSA) is 103 Å². The Morgan fingerprint density at radius 1 is 1.48 bits per heavy atom. The van der Waals surface area contributed by atoms with Crippen molar-refractivity contribution in [2.75, 3.05) is 18.5 Å². The molecule has 1 heterocycles. The lowest BCUT2D eigenvalue weighted by atomic mass is 9.94. The first-order chi connectivity index (χ1) is 10.1. The molecule has 116 valence electrons. The van der Waals surface area contributed by atoms with Crippen LogP contribution in [0, 0.1) is 17.0 Å².